The SMILES string of the molecule is COc1cc(-c2csc(C(C#N)=CNc3ccc(Br)cc3)n2)ccc1O. The minimum atomic E-state index is 0.0722. The summed E-state index contributed by atoms with van der Waals surface area (Å²) < 4.78 is 6.11. The van der Waals surface area contributed by atoms with E-state index in [0.717, 1.165) is 15.7 Å². The molecular formula is C19H14BrN3O2S. The number of halogens is 1. The number of benzene rings is 2. The molecule has 0 spiro atoms. The number of anilines is 1. The first-order chi connectivity index (χ1) is 12.6. The molecule has 1 heterocycles. The molecule has 0 amide bonds. The molecular weight excluding hydrogens is 414 g/mol. The molecule has 0 saturated carbocycles. The van der Waals surface area contributed by atoms with Gasteiger partial charge in [-0.15, -0.1) is 11.3 Å². The molecule has 0 aliphatic carbocycles. The second kappa shape index (κ2) is 8.04. The molecule has 3 aromatic rings. The van der Waals surface area contributed by atoms with Crippen molar-refractivity contribution < 1.29 is 9.84 Å². The fourth-order valence-electron chi connectivity index (χ4n) is 2.21. The Morgan fingerprint density at radius 1 is 1.31 bits per heavy atom. The quantitative estimate of drug-likeness (QED) is 0.542. The average Bonchev–Trinajstić information content (AvgIpc) is 3.14. The van der Waals surface area contributed by atoms with Crippen molar-refractivity contribution in [1.29, 1.82) is 5.26 Å². The van der Waals surface area contributed by atoms with Gasteiger partial charge in [-0.05, 0) is 42.5 Å². The number of allylic oxidation sites excluding steroid dienone is 1. The number of rotatable bonds is 5. The molecule has 0 aliphatic heterocycles. The fraction of sp³-hybridized carbons (Fsp3) is 0.0526. The molecule has 0 unspecified atom stereocenters. The average molecular weight is 428 g/mol. The lowest BCUT2D eigenvalue weighted by atomic mass is 10.1. The van der Waals surface area contributed by atoms with Crippen LogP contribution in [0.3, 0.4) is 0 Å². The third-order valence-corrected chi connectivity index (χ3v) is 4.96. The molecule has 5 nitrogen and oxygen atoms in total. The van der Waals surface area contributed by atoms with Crippen molar-refractivity contribution in [3.63, 3.8) is 0 Å². The maximum absolute atomic E-state index is 9.70. The number of phenols is 1. The maximum atomic E-state index is 9.70. The van der Waals surface area contributed by atoms with Gasteiger partial charge in [-0.25, -0.2) is 4.98 Å². The van der Waals surface area contributed by atoms with Gasteiger partial charge in [0.1, 0.15) is 16.6 Å². The van der Waals surface area contributed by atoms with Crippen molar-refractivity contribution in [3.8, 4) is 28.8 Å². The highest BCUT2D eigenvalue weighted by Gasteiger charge is 2.11. The van der Waals surface area contributed by atoms with Crippen molar-refractivity contribution in [2.75, 3.05) is 12.4 Å². The van der Waals surface area contributed by atoms with Crippen molar-refractivity contribution >= 4 is 38.5 Å². The number of ether oxygens (including phenoxy) is 1. The van der Waals surface area contributed by atoms with Crippen LogP contribution < -0.4 is 10.1 Å². The zero-order valence-electron chi connectivity index (χ0n) is 13.7. The summed E-state index contributed by atoms with van der Waals surface area (Å²) in [5.74, 6) is 0.452. The summed E-state index contributed by atoms with van der Waals surface area (Å²) in [7, 11) is 1.50. The van der Waals surface area contributed by atoms with Gasteiger partial charge >= 0.3 is 0 Å². The molecule has 2 N–H and O–H groups in total. The van der Waals surface area contributed by atoms with E-state index in [2.05, 4.69) is 32.3 Å². The van der Waals surface area contributed by atoms with E-state index in [1.165, 1.54) is 18.4 Å². The molecule has 2 aromatic carbocycles. The smallest absolute Gasteiger partial charge is 0.161 e. The number of nitrogens with zero attached hydrogens (tertiary/aromatic N) is 2. The van der Waals surface area contributed by atoms with Gasteiger partial charge in [-0.3, -0.25) is 0 Å². The molecule has 3 rings (SSSR count). The predicted molar refractivity (Wildman–Crippen MR) is 107 cm³/mol. The van der Waals surface area contributed by atoms with Crippen molar-refractivity contribution in [2.24, 2.45) is 0 Å². The summed E-state index contributed by atoms with van der Waals surface area (Å²) in [4.78, 5) is 4.53. The number of aromatic nitrogens is 1. The van der Waals surface area contributed by atoms with E-state index >= 15 is 0 Å². The lowest BCUT2D eigenvalue weighted by Gasteiger charge is -2.04. The van der Waals surface area contributed by atoms with Gasteiger partial charge in [0, 0.05) is 27.3 Å². The first-order valence-electron chi connectivity index (χ1n) is 7.56. The van der Waals surface area contributed by atoms with Crippen LogP contribution in [0.5, 0.6) is 11.5 Å². The molecule has 0 radical (unpaired) electrons. The molecule has 0 atom stereocenters. The Morgan fingerprint density at radius 2 is 2.08 bits per heavy atom. The van der Waals surface area contributed by atoms with Crippen LogP contribution in [0.15, 0.2) is 58.5 Å². The van der Waals surface area contributed by atoms with E-state index in [1.54, 1.807) is 24.4 Å². The van der Waals surface area contributed by atoms with Gasteiger partial charge < -0.3 is 15.2 Å². The summed E-state index contributed by atoms with van der Waals surface area (Å²) in [6.07, 6.45) is 1.64. The summed E-state index contributed by atoms with van der Waals surface area (Å²) >= 11 is 4.77. The number of thiazole rings is 1. The summed E-state index contributed by atoms with van der Waals surface area (Å²) in [6, 6.07) is 14.9. The Kier molecular flexibility index (Phi) is 5.56. The van der Waals surface area contributed by atoms with Crippen molar-refractivity contribution in [3.05, 3.63) is 63.5 Å². The summed E-state index contributed by atoms with van der Waals surface area (Å²) in [6.45, 7) is 0. The van der Waals surface area contributed by atoms with Crippen molar-refractivity contribution in [1.82, 2.24) is 4.98 Å². The van der Waals surface area contributed by atoms with E-state index in [1.807, 2.05) is 29.6 Å². The van der Waals surface area contributed by atoms with Gasteiger partial charge in [0.05, 0.1) is 12.8 Å². The van der Waals surface area contributed by atoms with E-state index in [9.17, 15) is 10.4 Å². The Morgan fingerprint density at radius 3 is 2.77 bits per heavy atom. The second-order valence-electron chi connectivity index (χ2n) is 5.25. The minimum Gasteiger partial charge on any atom is -0.504 e. The number of methoxy groups -OCH3 is 1. The lowest BCUT2D eigenvalue weighted by Crippen LogP contribution is -1.91. The fourth-order valence-corrected chi connectivity index (χ4v) is 3.27. The van der Waals surface area contributed by atoms with Gasteiger partial charge in [0.15, 0.2) is 11.5 Å². The third kappa shape index (κ3) is 4.04. The van der Waals surface area contributed by atoms with Crippen molar-refractivity contribution in [2.45, 2.75) is 0 Å². The first kappa shape index (κ1) is 18.0. The van der Waals surface area contributed by atoms with Gasteiger partial charge in [0.25, 0.3) is 0 Å². The Balaban J connectivity index is 1.84. The molecule has 130 valence electrons. The topological polar surface area (TPSA) is 78.2 Å². The van der Waals surface area contributed by atoms with Crippen LogP contribution in [0.1, 0.15) is 5.01 Å². The minimum absolute atomic E-state index is 0.0722. The zero-order valence-corrected chi connectivity index (χ0v) is 16.1. The monoisotopic (exact) mass is 427 g/mol. The molecule has 0 bridgehead atoms. The highest BCUT2D eigenvalue weighted by Crippen LogP contribution is 2.33. The number of aromatic hydroxyl groups is 1. The maximum Gasteiger partial charge on any atom is 0.161 e. The molecule has 0 saturated heterocycles. The number of hydrogen-bond acceptors (Lipinski definition) is 6. The summed E-state index contributed by atoms with van der Waals surface area (Å²) in [5.41, 5.74) is 2.84. The number of nitrogens with one attached hydrogen (secondary N) is 1. The Hall–Kier alpha value is -2.82. The number of nitriles is 1. The molecule has 0 fully saturated rings. The molecule has 1 aromatic heterocycles. The number of phenolic OH excluding ortho intramolecular Hbond substituents is 1. The second-order valence-corrected chi connectivity index (χ2v) is 7.02. The van der Waals surface area contributed by atoms with E-state index < -0.39 is 0 Å². The van der Waals surface area contributed by atoms with Crippen LogP contribution in [0.4, 0.5) is 5.69 Å². The molecule has 26 heavy (non-hydrogen) atoms. The highest BCUT2D eigenvalue weighted by molar-refractivity contribution is 9.10. The third-order valence-electron chi connectivity index (χ3n) is 3.56. The van der Waals surface area contributed by atoms with Gasteiger partial charge in [0.2, 0.25) is 0 Å². The standard InChI is InChI=1S/C19H14BrN3O2S/c1-25-18-8-12(2-7-17(18)24)16-11-26-19(23-16)13(9-21)10-22-15-5-3-14(20)4-6-15/h2-8,10-11,22,24H,1H3. The van der Waals surface area contributed by atoms with E-state index in [4.69, 9.17) is 4.74 Å². The molecule has 7 heteroatoms. The van der Waals surface area contributed by atoms with Crippen LogP contribution in [-0.2, 0) is 0 Å². The Labute approximate surface area is 163 Å². The van der Waals surface area contributed by atoms with E-state index in [-0.39, 0.29) is 5.75 Å². The zero-order chi connectivity index (χ0) is 18.5. The molecule has 0 aliphatic rings. The highest BCUT2D eigenvalue weighted by atomic mass is 79.9. The predicted octanol–water partition coefficient (Wildman–Crippen LogP) is 5.26. The van der Waals surface area contributed by atoms with Crippen LogP contribution in [0.25, 0.3) is 16.8 Å². The van der Waals surface area contributed by atoms with Crippen LogP contribution >= 0.6 is 27.3 Å². The normalized spacial score (nSPS) is 11.0. The van der Waals surface area contributed by atoms with Crippen LogP contribution in [0, 0.1) is 11.3 Å². The van der Waals surface area contributed by atoms with Gasteiger partial charge in [-0.2, -0.15) is 5.26 Å². The van der Waals surface area contributed by atoms with Gasteiger partial charge in [-0.1, -0.05) is 15.9 Å². The Bertz CT molecular complexity index is 991. The van der Waals surface area contributed by atoms with Crippen LogP contribution in [0.2, 0.25) is 0 Å². The lowest BCUT2D eigenvalue weighted by molar-refractivity contribution is 0.373. The summed E-state index contributed by atoms with van der Waals surface area (Å²) in [5, 5.41) is 24.7. The first-order valence-corrected chi connectivity index (χ1v) is 9.23. The number of hydrogen-bond donors (Lipinski definition) is 2. The largest absolute Gasteiger partial charge is 0.504 e. The van der Waals surface area contributed by atoms with E-state index in [0.29, 0.717) is 22.0 Å². The van der Waals surface area contributed by atoms with Crippen LogP contribution in [-0.4, -0.2) is 17.2 Å².